The van der Waals surface area contributed by atoms with Crippen LogP contribution < -0.4 is 9.47 Å². The highest BCUT2D eigenvalue weighted by Gasteiger charge is 2.19. The van der Waals surface area contributed by atoms with Crippen molar-refractivity contribution in [2.75, 3.05) is 12.5 Å². The Kier molecular flexibility index (Phi) is 11.7. The third-order valence-corrected chi connectivity index (χ3v) is 5.86. The molecule has 1 aliphatic rings. The number of ether oxygens (including phenoxy) is 2. The number of rotatable bonds is 10. The normalized spacial score (nSPS) is 14.8. The minimum absolute atomic E-state index is 0.191. The number of hydrogen-bond acceptors (Lipinski definition) is 3. The highest BCUT2D eigenvalue weighted by Crippen LogP contribution is 2.33. The Hall–Kier alpha value is -0.363. The molecule has 1 aromatic carbocycles. The lowest BCUT2D eigenvalue weighted by Gasteiger charge is -2.18. The summed E-state index contributed by atoms with van der Waals surface area (Å²) in [5, 5.41) is 0.191. The molecule has 0 radical (unpaired) electrons. The van der Waals surface area contributed by atoms with Crippen LogP contribution in [0.15, 0.2) is 18.2 Å². The summed E-state index contributed by atoms with van der Waals surface area (Å²) in [4.78, 5) is 0. The Labute approximate surface area is 157 Å². The van der Waals surface area contributed by atoms with Crippen molar-refractivity contribution < 1.29 is 14.0 Å². The second-order valence-corrected chi connectivity index (χ2v) is 8.03. The standard InChI is InChI=1S/C18H28O3S.ClH3Si/c1-3-4-5-6-7-8-11-22(19)15(2)12-16-9-10-17-18(13-16)21-14-20-17;1-2/h9-10,13,15H,3-8,11-12,14H2,1-2H3;2H3. The van der Waals surface area contributed by atoms with Crippen LogP contribution >= 0.6 is 11.1 Å². The molecule has 0 amide bonds. The maximum Gasteiger partial charge on any atom is 0.231 e. The van der Waals surface area contributed by atoms with Gasteiger partial charge in [0.2, 0.25) is 6.79 Å². The molecule has 1 aliphatic heterocycles. The molecule has 1 heterocycles. The molecule has 2 atom stereocenters. The molecule has 138 valence electrons. The lowest BCUT2D eigenvalue weighted by molar-refractivity contribution is 0.174. The number of fused-ring (bicyclic) bond motifs is 1. The van der Waals surface area contributed by atoms with Crippen molar-refractivity contribution >= 4 is 31.8 Å². The topological polar surface area (TPSA) is 41.5 Å². The average molecular weight is 391 g/mol. The van der Waals surface area contributed by atoms with E-state index in [-0.39, 0.29) is 5.25 Å². The van der Waals surface area contributed by atoms with E-state index in [0.29, 0.717) is 6.79 Å². The molecule has 0 fully saturated rings. The average Bonchev–Trinajstić information content (AvgIpc) is 3.07. The first-order valence-corrected chi connectivity index (χ1v) is 13.2. The molecule has 24 heavy (non-hydrogen) atoms. The molecule has 0 saturated heterocycles. The molecule has 2 unspecified atom stereocenters. The van der Waals surface area contributed by atoms with Gasteiger partial charge in [0.25, 0.3) is 0 Å². The van der Waals surface area contributed by atoms with Gasteiger partial charge in [0, 0.05) is 6.42 Å². The molecule has 0 spiro atoms. The fraction of sp³-hybridized carbons (Fsp3) is 0.667. The monoisotopic (exact) mass is 390 g/mol. The van der Waals surface area contributed by atoms with E-state index >= 15 is 0 Å². The summed E-state index contributed by atoms with van der Waals surface area (Å²) >= 11 is 4.03. The molecular weight excluding hydrogens is 360 g/mol. The highest BCUT2D eigenvalue weighted by atomic mass is 35.6. The summed E-state index contributed by atoms with van der Waals surface area (Å²) in [5.41, 5.74) is 1.17. The Balaban J connectivity index is 0.00000139. The van der Waals surface area contributed by atoms with Crippen molar-refractivity contribution in [1.82, 2.24) is 0 Å². The van der Waals surface area contributed by atoms with Crippen LogP contribution in [0.3, 0.4) is 0 Å². The molecule has 0 N–H and O–H groups in total. The molecule has 1 aromatic rings. The van der Waals surface area contributed by atoms with Crippen molar-refractivity contribution in [3.05, 3.63) is 23.8 Å². The van der Waals surface area contributed by atoms with Gasteiger partial charge in [0.15, 0.2) is 11.5 Å². The zero-order valence-corrected chi connectivity index (χ0v) is 18.8. The fourth-order valence-corrected chi connectivity index (χ4v) is 3.99. The van der Waals surface area contributed by atoms with E-state index in [9.17, 15) is 4.55 Å². The fourth-order valence-electron chi connectivity index (χ4n) is 2.72. The van der Waals surface area contributed by atoms with Crippen LogP contribution in [0.4, 0.5) is 0 Å². The Morgan fingerprint density at radius 1 is 1.12 bits per heavy atom. The van der Waals surface area contributed by atoms with Gasteiger partial charge in [0.05, 0.1) is 0 Å². The van der Waals surface area contributed by atoms with Gasteiger partial charge in [-0.15, -0.1) is 0 Å². The highest BCUT2D eigenvalue weighted by molar-refractivity contribution is 7.91. The Morgan fingerprint density at radius 2 is 1.79 bits per heavy atom. The molecule has 0 bridgehead atoms. The molecule has 6 heteroatoms. The first kappa shape index (κ1) is 21.7. The molecule has 0 aromatic heterocycles. The number of hydrogen-bond donors (Lipinski definition) is 0. The summed E-state index contributed by atoms with van der Waals surface area (Å²) in [5.74, 6) is 2.45. The molecule has 0 saturated carbocycles. The van der Waals surface area contributed by atoms with Gasteiger partial charge in [-0.1, -0.05) is 49.8 Å². The summed E-state index contributed by atoms with van der Waals surface area (Å²) in [6, 6.07) is 6.01. The van der Waals surface area contributed by atoms with Gasteiger partial charge < -0.3 is 14.0 Å². The third kappa shape index (κ3) is 7.68. The largest absolute Gasteiger partial charge is 0.616 e. The van der Waals surface area contributed by atoms with E-state index in [1.54, 1.807) is 0 Å². The summed E-state index contributed by atoms with van der Waals surface area (Å²) in [6.45, 7) is 4.61. The number of halogens is 1. The maximum atomic E-state index is 12.3. The van der Waals surface area contributed by atoms with Crippen LogP contribution in [0.1, 0.15) is 57.9 Å². The van der Waals surface area contributed by atoms with E-state index < -0.39 is 11.2 Å². The van der Waals surface area contributed by atoms with E-state index in [0.717, 1.165) is 39.6 Å². The minimum Gasteiger partial charge on any atom is -0.616 e. The van der Waals surface area contributed by atoms with Gasteiger partial charge in [-0.05, 0) is 37.5 Å². The van der Waals surface area contributed by atoms with Gasteiger partial charge in [0.1, 0.15) is 20.6 Å². The van der Waals surface area contributed by atoms with Crippen LogP contribution in [0.25, 0.3) is 0 Å². The van der Waals surface area contributed by atoms with Gasteiger partial charge in [-0.25, -0.2) is 0 Å². The summed E-state index contributed by atoms with van der Waals surface area (Å²) < 4.78 is 23.0. The summed E-state index contributed by atoms with van der Waals surface area (Å²) in [6.07, 6.45) is 8.32. The van der Waals surface area contributed by atoms with E-state index in [2.05, 4.69) is 13.8 Å². The van der Waals surface area contributed by atoms with Crippen LogP contribution in [-0.4, -0.2) is 31.9 Å². The van der Waals surface area contributed by atoms with Crippen molar-refractivity contribution in [2.45, 2.75) is 64.0 Å². The van der Waals surface area contributed by atoms with E-state index in [4.69, 9.17) is 20.6 Å². The third-order valence-electron chi connectivity index (χ3n) is 4.11. The van der Waals surface area contributed by atoms with Crippen molar-refractivity contribution in [3.63, 3.8) is 0 Å². The van der Waals surface area contributed by atoms with Crippen molar-refractivity contribution in [3.8, 4) is 11.5 Å². The van der Waals surface area contributed by atoms with Crippen LogP contribution in [0, 0.1) is 0 Å². The van der Waals surface area contributed by atoms with E-state index in [1.807, 2.05) is 18.2 Å². The second kappa shape index (κ2) is 12.9. The lowest BCUT2D eigenvalue weighted by Crippen LogP contribution is -2.23. The predicted molar refractivity (Wildman–Crippen MR) is 108 cm³/mol. The van der Waals surface area contributed by atoms with Gasteiger partial charge in [-0.3, -0.25) is 0 Å². The molecule has 2 rings (SSSR count). The van der Waals surface area contributed by atoms with Crippen LogP contribution in [0.5, 0.6) is 11.5 Å². The quantitative estimate of drug-likeness (QED) is 0.263. The summed E-state index contributed by atoms with van der Waals surface area (Å²) in [7, 11) is 0.778. The Morgan fingerprint density at radius 3 is 2.54 bits per heavy atom. The SMILES string of the molecule is CCCCCCCC[S+]([O-])C(C)Cc1ccc2c(c1)OCO2.[SiH3]Cl. The zero-order chi connectivity index (χ0) is 17.8. The van der Waals surface area contributed by atoms with Gasteiger partial charge >= 0.3 is 0 Å². The molecular formula is C18H31ClO3SSi. The number of unbranched alkanes of at least 4 members (excludes halogenated alkanes) is 5. The lowest BCUT2D eigenvalue weighted by atomic mass is 10.1. The van der Waals surface area contributed by atoms with Gasteiger partial charge in [-0.2, -0.15) is 11.1 Å². The minimum atomic E-state index is -0.743. The first-order chi connectivity index (χ1) is 11.7. The first-order valence-electron chi connectivity index (χ1n) is 8.84. The predicted octanol–water partition coefficient (Wildman–Crippen LogP) is 3.96. The molecule has 0 aliphatic carbocycles. The van der Waals surface area contributed by atoms with Crippen molar-refractivity contribution in [2.24, 2.45) is 0 Å². The Bertz CT molecular complexity index is 462. The number of benzene rings is 1. The van der Waals surface area contributed by atoms with Crippen LogP contribution in [0.2, 0.25) is 0 Å². The van der Waals surface area contributed by atoms with Crippen molar-refractivity contribution in [1.29, 1.82) is 0 Å². The maximum absolute atomic E-state index is 12.3. The zero-order valence-electron chi connectivity index (χ0n) is 15.2. The van der Waals surface area contributed by atoms with E-state index in [1.165, 1.54) is 37.7 Å². The second-order valence-electron chi connectivity index (χ2n) is 6.05. The van der Waals surface area contributed by atoms with Crippen LogP contribution in [-0.2, 0) is 17.6 Å². The smallest absolute Gasteiger partial charge is 0.231 e. The molecule has 3 nitrogen and oxygen atoms in total.